The molecule has 3 heterocycles. The Morgan fingerprint density at radius 3 is 2.78 bits per heavy atom. The highest BCUT2D eigenvalue weighted by molar-refractivity contribution is 5.94. The molecule has 120 valence electrons. The van der Waals surface area contributed by atoms with Gasteiger partial charge in [0, 0.05) is 42.8 Å². The second-order valence-electron chi connectivity index (χ2n) is 5.73. The molecule has 0 aliphatic carbocycles. The maximum atomic E-state index is 12.6. The summed E-state index contributed by atoms with van der Waals surface area (Å²) in [6.45, 7) is 1.34. The van der Waals surface area contributed by atoms with Gasteiger partial charge in [-0.2, -0.15) is 0 Å². The van der Waals surface area contributed by atoms with Crippen molar-refractivity contribution < 1.29 is 4.79 Å². The number of pyridine rings is 2. The Kier molecular flexibility index (Phi) is 4.52. The van der Waals surface area contributed by atoms with E-state index in [1.54, 1.807) is 29.4 Å². The summed E-state index contributed by atoms with van der Waals surface area (Å²) < 4.78 is 0. The van der Waals surface area contributed by atoms with E-state index in [0.717, 1.165) is 18.4 Å². The Morgan fingerprint density at radius 2 is 2.09 bits per heavy atom. The molecule has 2 aromatic rings. The van der Waals surface area contributed by atoms with Crippen molar-refractivity contribution in [1.82, 2.24) is 20.2 Å². The van der Waals surface area contributed by atoms with Gasteiger partial charge in [0.05, 0.1) is 0 Å². The molecule has 6 nitrogen and oxygen atoms in total. The average Bonchev–Trinajstić information content (AvgIpc) is 2.62. The summed E-state index contributed by atoms with van der Waals surface area (Å²) in [5.41, 5.74) is 1.39. The lowest BCUT2D eigenvalue weighted by molar-refractivity contribution is 0.0696. The summed E-state index contributed by atoms with van der Waals surface area (Å²) in [4.78, 5) is 33.4. The van der Waals surface area contributed by atoms with E-state index in [1.807, 2.05) is 19.2 Å². The van der Waals surface area contributed by atoms with Gasteiger partial charge in [-0.25, -0.2) is 0 Å². The third-order valence-corrected chi connectivity index (χ3v) is 4.25. The summed E-state index contributed by atoms with van der Waals surface area (Å²) >= 11 is 0. The topological polar surface area (TPSA) is 78.1 Å². The molecule has 1 aliphatic heterocycles. The first kappa shape index (κ1) is 15.4. The van der Waals surface area contributed by atoms with Gasteiger partial charge in [-0.3, -0.25) is 14.6 Å². The number of hydrogen-bond acceptors (Lipinski definition) is 4. The smallest absolute Gasteiger partial charge is 0.261 e. The Labute approximate surface area is 134 Å². The van der Waals surface area contributed by atoms with Crippen LogP contribution in [0.4, 0.5) is 0 Å². The number of rotatable bonds is 3. The van der Waals surface area contributed by atoms with E-state index >= 15 is 0 Å². The number of piperidine rings is 1. The fourth-order valence-corrected chi connectivity index (χ4v) is 2.91. The number of amides is 1. The zero-order valence-electron chi connectivity index (χ0n) is 13.1. The number of aromatic amines is 1. The van der Waals surface area contributed by atoms with Gasteiger partial charge in [-0.05, 0) is 44.2 Å². The van der Waals surface area contributed by atoms with Gasteiger partial charge in [-0.1, -0.05) is 0 Å². The van der Waals surface area contributed by atoms with Crippen LogP contribution in [0.3, 0.4) is 0 Å². The molecule has 0 bridgehead atoms. The average molecular weight is 312 g/mol. The number of nitrogens with one attached hydrogen (secondary N) is 2. The number of likely N-dealkylation sites (N-methyl/N-ethyl adjacent to an activating group) is 1. The summed E-state index contributed by atoms with van der Waals surface area (Å²) in [7, 11) is 1.90. The molecule has 1 aliphatic rings. The molecule has 1 atom stereocenters. The van der Waals surface area contributed by atoms with Crippen LogP contribution in [0.15, 0.2) is 41.5 Å². The summed E-state index contributed by atoms with van der Waals surface area (Å²) in [5.74, 6) is -0.201. The van der Waals surface area contributed by atoms with Crippen LogP contribution < -0.4 is 10.9 Å². The van der Waals surface area contributed by atoms with E-state index in [9.17, 15) is 9.59 Å². The van der Waals surface area contributed by atoms with Crippen LogP contribution >= 0.6 is 0 Å². The molecule has 23 heavy (non-hydrogen) atoms. The fourth-order valence-electron chi connectivity index (χ4n) is 2.91. The van der Waals surface area contributed by atoms with E-state index in [1.165, 1.54) is 0 Å². The molecular formula is C17H20N4O2. The number of H-pyrrole nitrogens is 1. The first-order valence-corrected chi connectivity index (χ1v) is 7.79. The number of hydrogen-bond donors (Lipinski definition) is 2. The molecule has 0 spiro atoms. The lowest BCUT2D eigenvalue weighted by atomic mass is 10.0. The van der Waals surface area contributed by atoms with Gasteiger partial charge in [0.15, 0.2) is 0 Å². The maximum Gasteiger partial charge on any atom is 0.261 e. The SMILES string of the molecule is CN[C@@H]1CCCN(C(=O)c2ccc(-c3ccncc3)[nH]c2=O)C1. The highest BCUT2D eigenvalue weighted by atomic mass is 16.2. The van der Waals surface area contributed by atoms with Crippen LogP contribution in [0.1, 0.15) is 23.2 Å². The molecule has 6 heteroatoms. The predicted molar refractivity (Wildman–Crippen MR) is 88.3 cm³/mol. The largest absolute Gasteiger partial charge is 0.337 e. The standard InChI is InChI=1S/C17H20N4O2/c1-18-13-3-2-10-21(11-13)17(23)14-4-5-15(20-16(14)22)12-6-8-19-9-7-12/h4-9,13,18H,2-3,10-11H2,1H3,(H,20,22)/t13-/m1/s1. The zero-order chi connectivity index (χ0) is 16.2. The first-order valence-electron chi connectivity index (χ1n) is 7.79. The van der Waals surface area contributed by atoms with Crippen molar-refractivity contribution in [2.45, 2.75) is 18.9 Å². The fraction of sp³-hybridized carbons (Fsp3) is 0.353. The molecule has 2 aromatic heterocycles. The summed E-state index contributed by atoms with van der Waals surface area (Å²) in [5, 5.41) is 3.20. The summed E-state index contributed by atoms with van der Waals surface area (Å²) in [6, 6.07) is 7.30. The molecule has 3 rings (SSSR count). The second-order valence-corrected chi connectivity index (χ2v) is 5.73. The number of nitrogens with zero attached hydrogens (tertiary/aromatic N) is 2. The molecular weight excluding hydrogens is 292 g/mol. The molecule has 0 unspecified atom stereocenters. The second kappa shape index (κ2) is 6.75. The quantitative estimate of drug-likeness (QED) is 0.894. The van der Waals surface area contributed by atoms with E-state index in [2.05, 4.69) is 15.3 Å². The van der Waals surface area contributed by atoms with Gasteiger partial charge in [-0.15, -0.1) is 0 Å². The van der Waals surface area contributed by atoms with Crippen molar-refractivity contribution >= 4 is 5.91 Å². The van der Waals surface area contributed by atoms with Crippen LogP contribution in [-0.4, -0.2) is 47.0 Å². The Balaban J connectivity index is 1.83. The van der Waals surface area contributed by atoms with Gasteiger partial charge in [0.25, 0.3) is 11.5 Å². The van der Waals surface area contributed by atoms with Crippen LogP contribution in [-0.2, 0) is 0 Å². The normalized spacial score (nSPS) is 18.0. The first-order chi connectivity index (χ1) is 11.2. The van der Waals surface area contributed by atoms with Crippen molar-refractivity contribution in [3.63, 3.8) is 0 Å². The van der Waals surface area contributed by atoms with Crippen molar-refractivity contribution in [2.24, 2.45) is 0 Å². The highest BCUT2D eigenvalue weighted by Crippen LogP contribution is 2.16. The van der Waals surface area contributed by atoms with E-state index < -0.39 is 0 Å². The number of carbonyl (C=O) groups is 1. The van der Waals surface area contributed by atoms with Crippen molar-refractivity contribution in [3.05, 3.63) is 52.6 Å². The van der Waals surface area contributed by atoms with Crippen LogP contribution in [0, 0.1) is 0 Å². The molecule has 1 fully saturated rings. The van der Waals surface area contributed by atoms with E-state index in [-0.39, 0.29) is 17.0 Å². The molecule has 0 aromatic carbocycles. The highest BCUT2D eigenvalue weighted by Gasteiger charge is 2.25. The number of aromatic nitrogens is 2. The van der Waals surface area contributed by atoms with Crippen LogP contribution in [0.5, 0.6) is 0 Å². The monoisotopic (exact) mass is 312 g/mol. The number of carbonyl (C=O) groups excluding carboxylic acids is 1. The Morgan fingerprint density at radius 1 is 1.30 bits per heavy atom. The number of likely N-dealkylation sites (tertiary alicyclic amines) is 1. The maximum absolute atomic E-state index is 12.6. The zero-order valence-corrected chi connectivity index (χ0v) is 13.1. The van der Waals surface area contributed by atoms with Gasteiger partial charge >= 0.3 is 0 Å². The van der Waals surface area contributed by atoms with Crippen molar-refractivity contribution in [3.8, 4) is 11.3 Å². The molecule has 1 amide bonds. The van der Waals surface area contributed by atoms with Gasteiger partial charge in [0.1, 0.15) is 5.56 Å². The lowest BCUT2D eigenvalue weighted by Crippen LogP contribution is -2.47. The van der Waals surface area contributed by atoms with Crippen LogP contribution in [0.25, 0.3) is 11.3 Å². The molecule has 1 saturated heterocycles. The molecule has 0 saturated carbocycles. The van der Waals surface area contributed by atoms with Gasteiger partial charge in [0.2, 0.25) is 0 Å². The molecule has 2 N–H and O–H groups in total. The third kappa shape index (κ3) is 3.32. The Bertz CT molecular complexity index is 742. The molecule has 0 radical (unpaired) electrons. The van der Waals surface area contributed by atoms with Gasteiger partial charge < -0.3 is 15.2 Å². The van der Waals surface area contributed by atoms with Crippen LogP contribution in [0.2, 0.25) is 0 Å². The lowest BCUT2D eigenvalue weighted by Gasteiger charge is -2.32. The Hall–Kier alpha value is -2.47. The van der Waals surface area contributed by atoms with E-state index in [4.69, 9.17) is 0 Å². The van der Waals surface area contributed by atoms with Crippen molar-refractivity contribution in [2.75, 3.05) is 20.1 Å². The minimum atomic E-state index is -0.351. The predicted octanol–water partition coefficient (Wildman–Crippen LogP) is 1.26. The minimum Gasteiger partial charge on any atom is -0.337 e. The minimum absolute atomic E-state index is 0.194. The summed E-state index contributed by atoms with van der Waals surface area (Å²) in [6.07, 6.45) is 5.33. The van der Waals surface area contributed by atoms with Crippen molar-refractivity contribution in [1.29, 1.82) is 0 Å². The third-order valence-electron chi connectivity index (χ3n) is 4.25. The van der Waals surface area contributed by atoms with E-state index in [0.29, 0.717) is 24.8 Å².